The number of aromatic nitrogens is 3. The first-order valence-corrected chi connectivity index (χ1v) is 6.91. The fourth-order valence-electron chi connectivity index (χ4n) is 3.00. The van der Waals surface area contributed by atoms with Gasteiger partial charge in [-0.1, -0.05) is 0 Å². The van der Waals surface area contributed by atoms with Crippen molar-refractivity contribution in [3.8, 4) is 0 Å². The third-order valence-electron chi connectivity index (χ3n) is 4.04. The quantitative estimate of drug-likeness (QED) is 0.817. The zero-order valence-corrected chi connectivity index (χ0v) is 10.6. The van der Waals surface area contributed by atoms with Crippen molar-refractivity contribution in [3.63, 3.8) is 0 Å². The molecule has 18 heavy (non-hydrogen) atoms. The van der Waals surface area contributed by atoms with Crippen molar-refractivity contribution in [1.82, 2.24) is 14.8 Å². The lowest BCUT2D eigenvalue weighted by atomic mass is 10.1. The molecule has 1 saturated heterocycles. The fourth-order valence-corrected chi connectivity index (χ4v) is 3.00. The molecule has 2 fully saturated rings. The summed E-state index contributed by atoms with van der Waals surface area (Å²) in [4.78, 5) is 6.55. The highest BCUT2D eigenvalue weighted by Gasteiger charge is 2.30. The second kappa shape index (κ2) is 4.76. The second-order valence-electron chi connectivity index (χ2n) is 5.33. The summed E-state index contributed by atoms with van der Waals surface area (Å²) in [6.45, 7) is 2.02. The molecule has 0 radical (unpaired) electrons. The van der Waals surface area contributed by atoms with Crippen molar-refractivity contribution in [3.05, 3.63) is 0 Å². The SMILES string of the molecule is Nc1nc(N2CCCCC2)nn1C1CCCC1O. The van der Waals surface area contributed by atoms with E-state index in [4.69, 9.17) is 5.73 Å². The molecule has 1 aliphatic heterocycles. The molecule has 1 aliphatic carbocycles. The van der Waals surface area contributed by atoms with Gasteiger partial charge >= 0.3 is 0 Å². The number of aliphatic hydroxyl groups is 1. The highest BCUT2D eigenvalue weighted by atomic mass is 16.3. The summed E-state index contributed by atoms with van der Waals surface area (Å²) in [6.07, 6.45) is 6.15. The molecule has 2 atom stereocenters. The predicted octanol–water partition coefficient (Wildman–Crippen LogP) is 0.936. The number of nitrogen functional groups attached to an aromatic ring is 1. The largest absolute Gasteiger partial charge is 0.391 e. The van der Waals surface area contributed by atoms with Crippen LogP contribution >= 0.6 is 0 Å². The molecule has 1 saturated carbocycles. The van der Waals surface area contributed by atoms with Crippen LogP contribution in [0.25, 0.3) is 0 Å². The Labute approximate surface area is 107 Å². The van der Waals surface area contributed by atoms with Crippen molar-refractivity contribution in [1.29, 1.82) is 0 Å². The van der Waals surface area contributed by atoms with E-state index in [0.29, 0.717) is 5.95 Å². The molecule has 100 valence electrons. The van der Waals surface area contributed by atoms with Crippen LogP contribution in [0.3, 0.4) is 0 Å². The average molecular weight is 251 g/mol. The van der Waals surface area contributed by atoms with E-state index in [1.54, 1.807) is 4.68 Å². The van der Waals surface area contributed by atoms with Gasteiger partial charge in [-0.15, -0.1) is 5.10 Å². The summed E-state index contributed by atoms with van der Waals surface area (Å²) >= 11 is 0. The fraction of sp³-hybridized carbons (Fsp3) is 0.833. The first-order chi connectivity index (χ1) is 8.75. The van der Waals surface area contributed by atoms with Crippen LogP contribution in [0.4, 0.5) is 11.9 Å². The monoisotopic (exact) mass is 251 g/mol. The van der Waals surface area contributed by atoms with Gasteiger partial charge < -0.3 is 15.7 Å². The topological polar surface area (TPSA) is 80.2 Å². The summed E-state index contributed by atoms with van der Waals surface area (Å²) < 4.78 is 1.72. The minimum Gasteiger partial charge on any atom is -0.391 e. The number of aliphatic hydroxyl groups excluding tert-OH is 1. The van der Waals surface area contributed by atoms with Crippen molar-refractivity contribution < 1.29 is 5.11 Å². The molecule has 1 aromatic heterocycles. The summed E-state index contributed by atoms with van der Waals surface area (Å²) in [5, 5.41) is 14.4. The second-order valence-corrected chi connectivity index (χ2v) is 5.33. The molecule has 1 aromatic rings. The zero-order chi connectivity index (χ0) is 12.5. The van der Waals surface area contributed by atoms with Gasteiger partial charge in [-0.05, 0) is 38.5 Å². The van der Waals surface area contributed by atoms with Crippen LogP contribution in [0.15, 0.2) is 0 Å². The molecule has 6 heteroatoms. The van der Waals surface area contributed by atoms with E-state index in [0.717, 1.165) is 38.3 Å². The Balaban J connectivity index is 1.81. The molecule has 3 N–H and O–H groups in total. The van der Waals surface area contributed by atoms with E-state index in [-0.39, 0.29) is 12.1 Å². The van der Waals surface area contributed by atoms with Crippen molar-refractivity contribution in [2.75, 3.05) is 23.7 Å². The van der Waals surface area contributed by atoms with Gasteiger partial charge in [0.05, 0.1) is 12.1 Å². The summed E-state index contributed by atoms with van der Waals surface area (Å²) in [5.74, 6) is 1.16. The molecular formula is C12H21N5O. The van der Waals surface area contributed by atoms with E-state index in [1.165, 1.54) is 19.3 Å². The van der Waals surface area contributed by atoms with Crippen LogP contribution < -0.4 is 10.6 Å². The third kappa shape index (κ3) is 2.05. The van der Waals surface area contributed by atoms with Crippen molar-refractivity contribution >= 4 is 11.9 Å². The van der Waals surface area contributed by atoms with E-state index in [9.17, 15) is 5.11 Å². The standard InChI is InChI=1S/C12H21N5O/c13-11-14-12(16-7-2-1-3-8-16)15-17(11)9-5-4-6-10(9)18/h9-10,18H,1-8H2,(H2,13,14,15). The van der Waals surface area contributed by atoms with E-state index in [2.05, 4.69) is 15.0 Å². The Morgan fingerprint density at radius 1 is 1.11 bits per heavy atom. The Hall–Kier alpha value is -1.30. The summed E-state index contributed by atoms with van der Waals surface area (Å²) in [5.41, 5.74) is 5.94. The van der Waals surface area contributed by atoms with E-state index >= 15 is 0 Å². The Morgan fingerprint density at radius 2 is 1.89 bits per heavy atom. The van der Waals surface area contributed by atoms with Gasteiger partial charge in [-0.3, -0.25) is 0 Å². The average Bonchev–Trinajstić information content (AvgIpc) is 2.96. The van der Waals surface area contributed by atoms with Crippen molar-refractivity contribution in [2.45, 2.75) is 50.7 Å². The first kappa shape index (κ1) is 11.8. The summed E-state index contributed by atoms with van der Waals surface area (Å²) in [7, 11) is 0. The van der Waals surface area contributed by atoms with E-state index < -0.39 is 0 Å². The number of nitrogens with zero attached hydrogens (tertiary/aromatic N) is 4. The molecule has 3 rings (SSSR count). The first-order valence-electron chi connectivity index (χ1n) is 6.91. The number of piperidine rings is 1. The molecule has 0 spiro atoms. The van der Waals surface area contributed by atoms with Crippen LogP contribution in [0.2, 0.25) is 0 Å². The number of hydrogen-bond acceptors (Lipinski definition) is 5. The van der Waals surface area contributed by atoms with Gasteiger partial charge in [-0.25, -0.2) is 4.68 Å². The van der Waals surface area contributed by atoms with E-state index in [1.807, 2.05) is 0 Å². The number of nitrogens with two attached hydrogens (primary N) is 1. The van der Waals surface area contributed by atoms with Crippen molar-refractivity contribution in [2.24, 2.45) is 0 Å². The molecule has 2 heterocycles. The Morgan fingerprint density at radius 3 is 2.56 bits per heavy atom. The molecule has 0 bridgehead atoms. The lowest BCUT2D eigenvalue weighted by Gasteiger charge is -2.25. The smallest absolute Gasteiger partial charge is 0.246 e. The van der Waals surface area contributed by atoms with Gasteiger partial charge in [0.25, 0.3) is 0 Å². The highest BCUT2D eigenvalue weighted by molar-refractivity contribution is 5.35. The maximum atomic E-state index is 9.93. The Kier molecular flexibility index (Phi) is 3.11. The molecule has 0 amide bonds. The molecule has 0 aromatic carbocycles. The van der Waals surface area contributed by atoms with Crippen LogP contribution in [0.5, 0.6) is 0 Å². The van der Waals surface area contributed by atoms with Crippen LogP contribution in [-0.4, -0.2) is 39.1 Å². The molecule has 2 unspecified atom stereocenters. The van der Waals surface area contributed by atoms with Gasteiger partial charge in [0, 0.05) is 13.1 Å². The van der Waals surface area contributed by atoms with Crippen LogP contribution in [-0.2, 0) is 0 Å². The Bertz CT molecular complexity index is 413. The predicted molar refractivity (Wildman–Crippen MR) is 69.4 cm³/mol. The van der Waals surface area contributed by atoms with Gasteiger partial charge in [0.15, 0.2) is 0 Å². The van der Waals surface area contributed by atoms with Crippen LogP contribution in [0, 0.1) is 0 Å². The number of anilines is 2. The maximum absolute atomic E-state index is 9.93. The normalized spacial score (nSPS) is 28.8. The maximum Gasteiger partial charge on any atom is 0.246 e. The zero-order valence-electron chi connectivity index (χ0n) is 10.6. The lowest BCUT2D eigenvalue weighted by molar-refractivity contribution is 0.131. The van der Waals surface area contributed by atoms with Gasteiger partial charge in [0.2, 0.25) is 11.9 Å². The van der Waals surface area contributed by atoms with Crippen LogP contribution in [0.1, 0.15) is 44.6 Å². The molecule has 2 aliphatic rings. The molecular weight excluding hydrogens is 230 g/mol. The van der Waals surface area contributed by atoms with Gasteiger partial charge in [-0.2, -0.15) is 4.98 Å². The highest BCUT2D eigenvalue weighted by Crippen LogP contribution is 2.31. The minimum atomic E-state index is -0.330. The molecule has 6 nitrogen and oxygen atoms in total. The number of rotatable bonds is 2. The minimum absolute atomic E-state index is 0.0102. The third-order valence-corrected chi connectivity index (χ3v) is 4.04. The van der Waals surface area contributed by atoms with Gasteiger partial charge in [0.1, 0.15) is 0 Å². The number of hydrogen-bond donors (Lipinski definition) is 2. The summed E-state index contributed by atoms with van der Waals surface area (Å²) in [6, 6.07) is 0.0102. The lowest BCUT2D eigenvalue weighted by Crippen LogP contribution is -2.30.